The normalized spacial score (nSPS) is 21.1. The number of rotatable bonds is 5. The van der Waals surface area contributed by atoms with Crippen molar-refractivity contribution >= 4 is 23.4 Å². The Hall–Kier alpha value is -4.04. The van der Waals surface area contributed by atoms with Gasteiger partial charge in [0.2, 0.25) is 11.8 Å². The summed E-state index contributed by atoms with van der Waals surface area (Å²) in [6.45, 7) is 5.61. The van der Waals surface area contributed by atoms with Gasteiger partial charge < -0.3 is 10.6 Å². The first-order chi connectivity index (χ1) is 18.8. The molecular formula is C31H33N5O3. The van der Waals surface area contributed by atoms with Gasteiger partial charge in [-0.15, -0.1) is 0 Å². The molecule has 4 heterocycles. The van der Waals surface area contributed by atoms with Crippen LogP contribution in [0.5, 0.6) is 0 Å². The zero-order valence-electron chi connectivity index (χ0n) is 22.2. The molecule has 1 unspecified atom stereocenters. The number of nitrogen functional groups attached to an aromatic ring is 1. The minimum absolute atomic E-state index is 0.163. The van der Waals surface area contributed by atoms with E-state index in [0.29, 0.717) is 18.5 Å². The molecular weight excluding hydrogens is 490 g/mol. The standard InChI is InChI=1S/C31H33N5O3/c1-31(23-3-5-24(32)6-4-23)11-14-35(15-12-31)18-20-10-13-33-26(16-20)21-2-7-25-22(17-21)19-36(30(25)39)27-8-9-28(37)34-29(27)38/h2-7,10,13,16-17,27H,8-9,11-12,14-15,18-19,32H2,1H3,(H,34,37,38). The summed E-state index contributed by atoms with van der Waals surface area (Å²) in [5.41, 5.74) is 12.7. The van der Waals surface area contributed by atoms with Gasteiger partial charge in [0.25, 0.3) is 5.91 Å². The van der Waals surface area contributed by atoms with Crippen LogP contribution in [0.3, 0.4) is 0 Å². The molecule has 1 aromatic heterocycles. The molecule has 200 valence electrons. The molecule has 0 saturated carbocycles. The lowest BCUT2D eigenvalue weighted by molar-refractivity contribution is -0.136. The highest BCUT2D eigenvalue weighted by Gasteiger charge is 2.39. The molecule has 3 N–H and O–H groups in total. The summed E-state index contributed by atoms with van der Waals surface area (Å²) >= 11 is 0. The zero-order valence-corrected chi connectivity index (χ0v) is 22.2. The molecule has 3 amide bonds. The van der Waals surface area contributed by atoms with Crippen LogP contribution < -0.4 is 11.1 Å². The number of nitrogens with two attached hydrogens (primary N) is 1. The average molecular weight is 524 g/mol. The van der Waals surface area contributed by atoms with Crippen molar-refractivity contribution in [2.45, 2.75) is 57.2 Å². The number of nitrogens with one attached hydrogen (secondary N) is 1. The summed E-state index contributed by atoms with van der Waals surface area (Å²) in [6.07, 6.45) is 4.64. The van der Waals surface area contributed by atoms with Crippen molar-refractivity contribution in [1.82, 2.24) is 20.1 Å². The van der Waals surface area contributed by atoms with E-state index in [4.69, 9.17) is 5.73 Å². The summed E-state index contributed by atoms with van der Waals surface area (Å²) < 4.78 is 0. The van der Waals surface area contributed by atoms with E-state index in [-0.39, 0.29) is 23.7 Å². The topological polar surface area (TPSA) is 109 Å². The van der Waals surface area contributed by atoms with Gasteiger partial charge in [0.05, 0.1) is 5.69 Å². The minimum Gasteiger partial charge on any atom is -0.399 e. The molecule has 0 bridgehead atoms. The van der Waals surface area contributed by atoms with Crippen molar-refractivity contribution < 1.29 is 14.4 Å². The molecule has 3 aliphatic rings. The molecule has 2 fully saturated rings. The number of pyridine rings is 1. The molecule has 3 aromatic rings. The Labute approximate surface area is 228 Å². The minimum atomic E-state index is -0.612. The summed E-state index contributed by atoms with van der Waals surface area (Å²) in [5.74, 6) is -0.841. The lowest BCUT2D eigenvalue weighted by Crippen LogP contribution is -2.52. The van der Waals surface area contributed by atoms with E-state index >= 15 is 0 Å². The molecule has 2 saturated heterocycles. The van der Waals surface area contributed by atoms with Gasteiger partial charge in [-0.3, -0.25) is 29.6 Å². The number of piperidine rings is 2. The summed E-state index contributed by atoms with van der Waals surface area (Å²) in [6, 6.07) is 17.7. The summed E-state index contributed by atoms with van der Waals surface area (Å²) in [5, 5.41) is 2.35. The van der Waals surface area contributed by atoms with Crippen molar-refractivity contribution in [1.29, 1.82) is 0 Å². The smallest absolute Gasteiger partial charge is 0.255 e. The number of hydrogen-bond donors (Lipinski definition) is 2. The number of hydrogen-bond acceptors (Lipinski definition) is 6. The fourth-order valence-electron chi connectivity index (χ4n) is 6.10. The van der Waals surface area contributed by atoms with Gasteiger partial charge >= 0.3 is 0 Å². The second kappa shape index (κ2) is 9.93. The fourth-order valence-corrected chi connectivity index (χ4v) is 6.10. The van der Waals surface area contributed by atoms with Crippen molar-refractivity contribution in [3.63, 3.8) is 0 Å². The summed E-state index contributed by atoms with van der Waals surface area (Å²) in [7, 11) is 0. The lowest BCUT2D eigenvalue weighted by Gasteiger charge is -2.40. The molecule has 8 heteroatoms. The number of aromatic nitrogens is 1. The van der Waals surface area contributed by atoms with E-state index in [1.807, 2.05) is 36.5 Å². The Morgan fingerprint density at radius 3 is 2.54 bits per heavy atom. The molecule has 8 nitrogen and oxygen atoms in total. The third-order valence-electron chi connectivity index (χ3n) is 8.62. The highest BCUT2D eigenvalue weighted by atomic mass is 16.2. The highest BCUT2D eigenvalue weighted by molar-refractivity contribution is 6.05. The molecule has 0 radical (unpaired) electrons. The molecule has 0 aliphatic carbocycles. The Bertz CT molecular complexity index is 1440. The van der Waals surface area contributed by atoms with Crippen molar-refractivity contribution in [3.05, 3.63) is 83.0 Å². The molecule has 3 aliphatic heterocycles. The average Bonchev–Trinajstić information content (AvgIpc) is 3.26. The van der Waals surface area contributed by atoms with Crippen LogP contribution in [0.25, 0.3) is 11.3 Å². The van der Waals surface area contributed by atoms with E-state index in [1.165, 1.54) is 11.1 Å². The predicted octanol–water partition coefficient (Wildman–Crippen LogP) is 3.65. The second-order valence-corrected chi connectivity index (χ2v) is 11.3. The van der Waals surface area contributed by atoms with Gasteiger partial charge in [-0.05, 0) is 90.9 Å². The maximum atomic E-state index is 13.0. The number of likely N-dealkylation sites (tertiary alicyclic amines) is 1. The third kappa shape index (κ3) is 4.92. The van der Waals surface area contributed by atoms with Gasteiger partial charge in [-0.2, -0.15) is 0 Å². The first-order valence-electron chi connectivity index (χ1n) is 13.6. The van der Waals surface area contributed by atoms with Crippen LogP contribution in [0.2, 0.25) is 0 Å². The number of imide groups is 1. The van der Waals surface area contributed by atoms with Crippen LogP contribution in [0.15, 0.2) is 60.8 Å². The van der Waals surface area contributed by atoms with E-state index in [9.17, 15) is 14.4 Å². The first kappa shape index (κ1) is 25.2. The van der Waals surface area contributed by atoms with E-state index in [2.05, 4.69) is 46.4 Å². The zero-order chi connectivity index (χ0) is 27.1. The van der Waals surface area contributed by atoms with Crippen molar-refractivity contribution in [2.75, 3.05) is 18.8 Å². The third-order valence-corrected chi connectivity index (χ3v) is 8.62. The number of amides is 3. The highest BCUT2D eigenvalue weighted by Crippen LogP contribution is 2.36. The molecule has 39 heavy (non-hydrogen) atoms. The maximum Gasteiger partial charge on any atom is 0.255 e. The van der Waals surface area contributed by atoms with Crippen LogP contribution in [0.1, 0.15) is 59.7 Å². The molecule has 0 spiro atoms. The second-order valence-electron chi connectivity index (χ2n) is 11.3. The number of anilines is 1. The largest absolute Gasteiger partial charge is 0.399 e. The van der Waals surface area contributed by atoms with Gasteiger partial charge in [0.1, 0.15) is 6.04 Å². The Balaban J connectivity index is 1.13. The van der Waals surface area contributed by atoms with E-state index in [0.717, 1.165) is 55.0 Å². The lowest BCUT2D eigenvalue weighted by atomic mass is 9.74. The van der Waals surface area contributed by atoms with Gasteiger partial charge in [0, 0.05) is 42.5 Å². The molecule has 6 rings (SSSR count). The van der Waals surface area contributed by atoms with E-state index < -0.39 is 11.9 Å². The number of fused-ring (bicyclic) bond motifs is 1. The van der Waals surface area contributed by atoms with E-state index in [1.54, 1.807) is 4.90 Å². The van der Waals surface area contributed by atoms with Crippen molar-refractivity contribution in [2.24, 2.45) is 0 Å². The number of benzene rings is 2. The number of carbonyl (C=O) groups is 3. The van der Waals surface area contributed by atoms with Gasteiger partial charge in [-0.25, -0.2) is 0 Å². The molecule has 1 atom stereocenters. The van der Waals surface area contributed by atoms with Crippen LogP contribution in [0.4, 0.5) is 5.69 Å². The summed E-state index contributed by atoms with van der Waals surface area (Å²) in [4.78, 5) is 45.6. The SMILES string of the molecule is CC1(c2ccc(N)cc2)CCN(Cc2ccnc(-c3ccc4c(c3)CN(C3CCC(=O)NC3=O)C4=O)c2)CC1. The van der Waals surface area contributed by atoms with Crippen LogP contribution >= 0.6 is 0 Å². The quantitative estimate of drug-likeness (QED) is 0.390. The first-order valence-corrected chi connectivity index (χ1v) is 13.6. The Kier molecular flexibility index (Phi) is 6.43. The Morgan fingerprint density at radius 1 is 1.03 bits per heavy atom. The number of carbonyl (C=O) groups excluding carboxylic acids is 3. The van der Waals surface area contributed by atoms with Gasteiger partial charge in [-0.1, -0.05) is 25.1 Å². The predicted molar refractivity (Wildman–Crippen MR) is 148 cm³/mol. The Morgan fingerprint density at radius 2 is 1.79 bits per heavy atom. The van der Waals surface area contributed by atoms with Crippen LogP contribution in [0, 0.1) is 0 Å². The van der Waals surface area contributed by atoms with Crippen molar-refractivity contribution in [3.8, 4) is 11.3 Å². The number of nitrogens with zero attached hydrogens (tertiary/aromatic N) is 3. The van der Waals surface area contributed by atoms with Crippen LogP contribution in [-0.2, 0) is 28.1 Å². The fraction of sp³-hybridized carbons (Fsp3) is 0.355. The monoisotopic (exact) mass is 523 g/mol. The maximum absolute atomic E-state index is 13.0. The van der Waals surface area contributed by atoms with Crippen LogP contribution in [-0.4, -0.2) is 51.6 Å². The van der Waals surface area contributed by atoms with Gasteiger partial charge in [0.15, 0.2) is 0 Å². The molecule has 2 aromatic carbocycles.